The summed E-state index contributed by atoms with van der Waals surface area (Å²) in [5.41, 5.74) is 0.930. The zero-order chi connectivity index (χ0) is 14.4. The largest absolute Gasteiger partial charge is 0.383 e. The number of carbonyl (C=O) groups is 1. The molecule has 0 radical (unpaired) electrons. The van der Waals surface area contributed by atoms with Crippen LogP contribution in [0.5, 0.6) is 0 Å². The van der Waals surface area contributed by atoms with E-state index in [1.54, 1.807) is 33.2 Å². The highest BCUT2D eigenvalue weighted by Gasteiger charge is 2.13. The first-order valence-electron chi connectivity index (χ1n) is 5.71. The lowest BCUT2D eigenvalue weighted by atomic mass is 10.2. The number of urea groups is 1. The minimum absolute atomic E-state index is 0.0163. The maximum atomic E-state index is 11.8. The Labute approximate surface area is 111 Å². The third-order valence-corrected chi connectivity index (χ3v) is 2.63. The van der Waals surface area contributed by atoms with Crippen molar-refractivity contribution >= 4 is 17.4 Å². The molecular formula is C12H17N3O4. The van der Waals surface area contributed by atoms with Crippen molar-refractivity contribution in [1.82, 2.24) is 4.90 Å². The highest BCUT2D eigenvalue weighted by molar-refractivity contribution is 5.89. The number of benzene rings is 1. The fraction of sp³-hybridized carbons (Fsp3) is 0.417. The highest BCUT2D eigenvalue weighted by atomic mass is 16.6. The predicted octanol–water partition coefficient (Wildman–Crippen LogP) is 2.01. The first-order valence-corrected chi connectivity index (χ1v) is 5.71. The van der Waals surface area contributed by atoms with Crippen LogP contribution in [0, 0.1) is 17.0 Å². The second-order valence-corrected chi connectivity index (χ2v) is 4.10. The molecule has 0 aliphatic rings. The molecule has 0 bridgehead atoms. The van der Waals surface area contributed by atoms with Crippen LogP contribution in [0.2, 0.25) is 0 Å². The van der Waals surface area contributed by atoms with Crippen LogP contribution in [0.15, 0.2) is 18.2 Å². The lowest BCUT2D eigenvalue weighted by Gasteiger charge is -2.17. The monoisotopic (exact) mass is 267 g/mol. The molecule has 0 fully saturated rings. The molecule has 104 valence electrons. The van der Waals surface area contributed by atoms with E-state index >= 15 is 0 Å². The van der Waals surface area contributed by atoms with E-state index in [1.165, 1.54) is 11.0 Å². The number of likely N-dealkylation sites (N-methyl/N-ethyl adjacent to an activating group) is 1. The molecule has 2 amide bonds. The number of nitrogens with one attached hydrogen (secondary N) is 1. The number of nitro groups is 1. The van der Waals surface area contributed by atoms with E-state index in [0.29, 0.717) is 24.4 Å². The van der Waals surface area contributed by atoms with Crippen LogP contribution >= 0.6 is 0 Å². The van der Waals surface area contributed by atoms with Gasteiger partial charge in [0.25, 0.3) is 5.69 Å². The number of hydrogen-bond donors (Lipinski definition) is 1. The molecule has 0 atom stereocenters. The van der Waals surface area contributed by atoms with Crippen molar-refractivity contribution in [3.8, 4) is 0 Å². The zero-order valence-electron chi connectivity index (χ0n) is 11.2. The first kappa shape index (κ1) is 14.9. The Balaban J connectivity index is 2.74. The van der Waals surface area contributed by atoms with Crippen molar-refractivity contribution in [3.05, 3.63) is 33.9 Å². The zero-order valence-corrected chi connectivity index (χ0v) is 11.2. The Kier molecular flexibility index (Phi) is 5.25. The van der Waals surface area contributed by atoms with Gasteiger partial charge in [0, 0.05) is 38.0 Å². The van der Waals surface area contributed by atoms with E-state index < -0.39 is 4.92 Å². The van der Waals surface area contributed by atoms with Gasteiger partial charge in [0.15, 0.2) is 0 Å². The van der Waals surface area contributed by atoms with E-state index in [2.05, 4.69) is 5.32 Å². The lowest BCUT2D eigenvalue weighted by Crippen LogP contribution is -2.33. The van der Waals surface area contributed by atoms with Crippen molar-refractivity contribution in [2.24, 2.45) is 0 Å². The van der Waals surface area contributed by atoms with Gasteiger partial charge < -0.3 is 15.0 Å². The Bertz CT molecular complexity index is 476. The number of carbonyl (C=O) groups excluding carboxylic acids is 1. The van der Waals surface area contributed by atoms with Crippen molar-refractivity contribution < 1.29 is 14.5 Å². The third kappa shape index (κ3) is 4.22. The molecule has 0 heterocycles. The Morgan fingerprint density at radius 1 is 1.53 bits per heavy atom. The second kappa shape index (κ2) is 6.69. The molecule has 0 spiro atoms. The van der Waals surface area contributed by atoms with Gasteiger partial charge in [-0.25, -0.2) is 4.79 Å². The molecule has 0 unspecified atom stereocenters. The molecule has 1 aromatic carbocycles. The highest BCUT2D eigenvalue weighted by Crippen LogP contribution is 2.22. The molecule has 1 aromatic rings. The van der Waals surface area contributed by atoms with Crippen LogP contribution in [-0.4, -0.2) is 43.2 Å². The molecular weight excluding hydrogens is 250 g/mol. The average molecular weight is 267 g/mol. The molecule has 0 saturated carbocycles. The number of methoxy groups -OCH3 is 1. The van der Waals surface area contributed by atoms with E-state index in [1.807, 2.05) is 0 Å². The minimum atomic E-state index is -0.473. The molecule has 0 aromatic heterocycles. The van der Waals surface area contributed by atoms with Crippen molar-refractivity contribution in [2.75, 3.05) is 32.6 Å². The SMILES string of the molecule is COCCN(C)C(=O)Nc1ccc(C)c([N+](=O)[O-])c1. The summed E-state index contributed by atoms with van der Waals surface area (Å²) >= 11 is 0. The summed E-state index contributed by atoms with van der Waals surface area (Å²) in [5, 5.41) is 13.4. The predicted molar refractivity (Wildman–Crippen MR) is 71.4 cm³/mol. The fourth-order valence-electron chi connectivity index (χ4n) is 1.43. The summed E-state index contributed by atoms with van der Waals surface area (Å²) in [4.78, 5) is 23.5. The van der Waals surface area contributed by atoms with Gasteiger partial charge in [0.2, 0.25) is 0 Å². The van der Waals surface area contributed by atoms with Crippen molar-refractivity contribution in [3.63, 3.8) is 0 Å². The maximum Gasteiger partial charge on any atom is 0.321 e. The van der Waals surface area contributed by atoms with Crippen molar-refractivity contribution in [1.29, 1.82) is 0 Å². The molecule has 0 aliphatic carbocycles. The lowest BCUT2D eigenvalue weighted by molar-refractivity contribution is -0.385. The smallest absolute Gasteiger partial charge is 0.321 e. The number of aryl methyl sites for hydroxylation is 1. The number of hydrogen-bond acceptors (Lipinski definition) is 4. The van der Waals surface area contributed by atoms with Crippen LogP contribution in [0.3, 0.4) is 0 Å². The number of nitro benzene ring substituents is 1. The molecule has 7 nitrogen and oxygen atoms in total. The third-order valence-electron chi connectivity index (χ3n) is 2.63. The Morgan fingerprint density at radius 2 is 2.21 bits per heavy atom. The molecule has 0 saturated heterocycles. The Hall–Kier alpha value is -2.15. The maximum absolute atomic E-state index is 11.8. The average Bonchev–Trinajstić information content (AvgIpc) is 2.37. The first-order chi connectivity index (χ1) is 8.95. The van der Waals surface area contributed by atoms with Gasteiger partial charge in [-0.2, -0.15) is 0 Å². The molecule has 19 heavy (non-hydrogen) atoms. The van der Waals surface area contributed by atoms with Gasteiger partial charge >= 0.3 is 6.03 Å². The summed E-state index contributed by atoms with van der Waals surface area (Å²) < 4.78 is 4.87. The van der Waals surface area contributed by atoms with Gasteiger partial charge in [-0.05, 0) is 13.0 Å². The quantitative estimate of drug-likeness (QED) is 0.653. The second-order valence-electron chi connectivity index (χ2n) is 4.10. The number of anilines is 1. The summed E-state index contributed by atoms with van der Waals surface area (Å²) in [6.45, 7) is 2.52. The molecule has 0 aliphatic heterocycles. The number of ether oxygens (including phenoxy) is 1. The minimum Gasteiger partial charge on any atom is -0.383 e. The molecule has 1 rings (SSSR count). The number of rotatable bonds is 5. The standard InChI is InChI=1S/C12H17N3O4/c1-9-4-5-10(8-11(9)15(17)18)13-12(16)14(2)6-7-19-3/h4-5,8H,6-7H2,1-3H3,(H,13,16). The van der Waals surface area contributed by atoms with Crippen LogP contribution in [0.25, 0.3) is 0 Å². The van der Waals surface area contributed by atoms with Crippen LogP contribution in [-0.2, 0) is 4.74 Å². The molecule has 1 N–H and O–H groups in total. The van der Waals surface area contributed by atoms with Crippen LogP contribution < -0.4 is 5.32 Å². The van der Waals surface area contributed by atoms with Crippen LogP contribution in [0.1, 0.15) is 5.56 Å². The van der Waals surface area contributed by atoms with Gasteiger partial charge in [-0.1, -0.05) is 6.07 Å². The topological polar surface area (TPSA) is 84.7 Å². The summed E-state index contributed by atoms with van der Waals surface area (Å²) in [6.07, 6.45) is 0. The van der Waals surface area contributed by atoms with E-state index in [4.69, 9.17) is 4.74 Å². The van der Waals surface area contributed by atoms with Gasteiger partial charge in [0.1, 0.15) is 0 Å². The number of nitrogens with zero attached hydrogens (tertiary/aromatic N) is 2. The number of amides is 2. The van der Waals surface area contributed by atoms with Crippen LogP contribution in [0.4, 0.5) is 16.2 Å². The fourth-order valence-corrected chi connectivity index (χ4v) is 1.43. The van der Waals surface area contributed by atoms with Gasteiger partial charge in [-0.15, -0.1) is 0 Å². The summed E-state index contributed by atoms with van der Waals surface area (Å²) in [6, 6.07) is 4.24. The van der Waals surface area contributed by atoms with E-state index in [-0.39, 0.29) is 11.7 Å². The van der Waals surface area contributed by atoms with E-state index in [0.717, 1.165) is 0 Å². The normalized spacial score (nSPS) is 10.1. The van der Waals surface area contributed by atoms with E-state index in [9.17, 15) is 14.9 Å². The Morgan fingerprint density at radius 3 is 2.79 bits per heavy atom. The summed E-state index contributed by atoms with van der Waals surface area (Å²) in [5.74, 6) is 0. The van der Waals surface area contributed by atoms with Gasteiger partial charge in [0.05, 0.1) is 11.5 Å². The summed E-state index contributed by atoms with van der Waals surface area (Å²) in [7, 11) is 3.17. The van der Waals surface area contributed by atoms with Gasteiger partial charge in [-0.3, -0.25) is 10.1 Å². The molecule has 7 heteroatoms. The van der Waals surface area contributed by atoms with Crippen molar-refractivity contribution in [2.45, 2.75) is 6.92 Å².